The first kappa shape index (κ1) is 24.8. The summed E-state index contributed by atoms with van der Waals surface area (Å²) < 4.78 is 11.1. The number of hydrogen-bond acceptors (Lipinski definition) is 7. The zero-order chi connectivity index (χ0) is 24.6. The molecule has 0 radical (unpaired) electrons. The quantitative estimate of drug-likeness (QED) is 0.620. The van der Waals surface area contributed by atoms with E-state index in [1.54, 1.807) is 11.1 Å². The Labute approximate surface area is 196 Å². The Hall–Kier alpha value is -2.82. The molecule has 1 fully saturated rings. The van der Waals surface area contributed by atoms with Crippen LogP contribution in [0.25, 0.3) is 0 Å². The fourth-order valence-corrected chi connectivity index (χ4v) is 4.49. The monoisotopic (exact) mass is 456 g/mol. The average Bonchev–Trinajstić information content (AvgIpc) is 2.69. The standard InChI is InChI=1S/C25H36N4O4/c1-16-14-28(10-8-18(16)22(30)32-24(2,3)4)21-17(12-26)13-27-20-15-29(11-9-19(20)21)23(31)33-25(5,6)7/h13,16,18H,8-11,14-15H2,1-7H3/t16-,18+/m1/s1. The normalized spacial score (nSPS) is 21.2. The number of hydrogen-bond donors (Lipinski definition) is 0. The molecule has 1 aromatic rings. The lowest BCUT2D eigenvalue weighted by Gasteiger charge is -2.40. The van der Waals surface area contributed by atoms with Gasteiger partial charge in [0.15, 0.2) is 0 Å². The third kappa shape index (κ3) is 5.95. The number of anilines is 1. The maximum absolute atomic E-state index is 12.7. The Morgan fingerprint density at radius 2 is 1.79 bits per heavy atom. The highest BCUT2D eigenvalue weighted by Gasteiger charge is 2.37. The summed E-state index contributed by atoms with van der Waals surface area (Å²) in [4.78, 5) is 33.6. The van der Waals surface area contributed by atoms with Crippen LogP contribution in [0.3, 0.4) is 0 Å². The van der Waals surface area contributed by atoms with Crippen LogP contribution >= 0.6 is 0 Å². The summed E-state index contributed by atoms with van der Waals surface area (Å²) >= 11 is 0. The van der Waals surface area contributed by atoms with Crippen molar-refractivity contribution in [2.75, 3.05) is 24.5 Å². The molecule has 0 spiro atoms. The van der Waals surface area contributed by atoms with Crippen LogP contribution < -0.4 is 4.90 Å². The molecule has 0 saturated carbocycles. The summed E-state index contributed by atoms with van der Waals surface area (Å²) in [5.41, 5.74) is 2.16. The predicted octanol–water partition coefficient (Wildman–Crippen LogP) is 4.05. The summed E-state index contributed by atoms with van der Waals surface area (Å²) in [7, 11) is 0. The Kier molecular flexibility index (Phi) is 6.92. The minimum absolute atomic E-state index is 0.0887. The van der Waals surface area contributed by atoms with Gasteiger partial charge in [0.05, 0.1) is 29.4 Å². The number of amides is 1. The number of esters is 1. The Bertz CT molecular complexity index is 955. The smallest absolute Gasteiger partial charge is 0.410 e. The molecule has 1 saturated heterocycles. The van der Waals surface area contributed by atoms with Gasteiger partial charge < -0.3 is 19.3 Å². The van der Waals surface area contributed by atoms with E-state index in [1.807, 2.05) is 41.5 Å². The fraction of sp³-hybridized carbons (Fsp3) is 0.680. The van der Waals surface area contributed by atoms with E-state index < -0.39 is 11.2 Å². The SMILES string of the molecule is C[C@@H]1CN(c2c(C#N)cnc3c2CCN(C(=O)OC(C)(C)C)C3)CC[C@@H]1C(=O)OC(C)(C)C. The summed E-state index contributed by atoms with van der Waals surface area (Å²) in [6, 6.07) is 2.29. The highest BCUT2D eigenvalue weighted by Crippen LogP contribution is 2.36. The van der Waals surface area contributed by atoms with Crippen LogP contribution in [0.5, 0.6) is 0 Å². The summed E-state index contributed by atoms with van der Waals surface area (Å²) in [5, 5.41) is 9.78. The maximum atomic E-state index is 12.7. The molecule has 0 aliphatic carbocycles. The molecule has 2 atom stereocenters. The Balaban J connectivity index is 1.80. The van der Waals surface area contributed by atoms with E-state index in [0.29, 0.717) is 44.6 Å². The minimum Gasteiger partial charge on any atom is -0.460 e. The second kappa shape index (κ2) is 9.20. The molecule has 33 heavy (non-hydrogen) atoms. The van der Waals surface area contributed by atoms with Crippen LogP contribution in [-0.2, 0) is 27.2 Å². The van der Waals surface area contributed by atoms with E-state index in [1.165, 1.54) is 0 Å². The van der Waals surface area contributed by atoms with Crippen LogP contribution in [0, 0.1) is 23.2 Å². The first-order valence-corrected chi connectivity index (χ1v) is 11.7. The number of fused-ring (bicyclic) bond motifs is 1. The first-order valence-electron chi connectivity index (χ1n) is 11.7. The van der Waals surface area contributed by atoms with Crippen LogP contribution in [0.4, 0.5) is 10.5 Å². The van der Waals surface area contributed by atoms with Gasteiger partial charge in [-0.2, -0.15) is 5.26 Å². The number of aromatic nitrogens is 1. The van der Waals surface area contributed by atoms with Crippen LogP contribution in [0.15, 0.2) is 6.20 Å². The van der Waals surface area contributed by atoms with Gasteiger partial charge in [-0.05, 0) is 60.3 Å². The second-order valence-electron chi connectivity index (χ2n) is 11.1. The summed E-state index contributed by atoms with van der Waals surface area (Å²) in [6.07, 6.45) is 2.51. The molecule has 0 unspecified atom stereocenters. The molecule has 0 bridgehead atoms. The molecule has 8 nitrogen and oxygen atoms in total. The van der Waals surface area contributed by atoms with Gasteiger partial charge >= 0.3 is 12.1 Å². The number of pyridine rings is 1. The molecule has 2 aliphatic heterocycles. The van der Waals surface area contributed by atoms with Crippen molar-refractivity contribution < 1.29 is 19.1 Å². The number of carbonyl (C=O) groups excluding carboxylic acids is 2. The number of piperidine rings is 1. The molecule has 0 N–H and O–H groups in total. The molecular weight excluding hydrogens is 420 g/mol. The Morgan fingerprint density at radius 3 is 2.36 bits per heavy atom. The Morgan fingerprint density at radius 1 is 1.12 bits per heavy atom. The zero-order valence-corrected chi connectivity index (χ0v) is 20.9. The van der Waals surface area contributed by atoms with Gasteiger partial charge in [-0.3, -0.25) is 9.78 Å². The van der Waals surface area contributed by atoms with E-state index in [2.05, 4.69) is 22.9 Å². The number of rotatable bonds is 2. The first-order chi connectivity index (χ1) is 15.3. The molecule has 2 aliphatic rings. The van der Waals surface area contributed by atoms with Gasteiger partial charge in [0.25, 0.3) is 0 Å². The van der Waals surface area contributed by atoms with Gasteiger partial charge in [-0.25, -0.2) is 4.79 Å². The number of nitrogens with zero attached hydrogens (tertiary/aromatic N) is 4. The van der Waals surface area contributed by atoms with E-state index in [9.17, 15) is 14.9 Å². The van der Waals surface area contributed by atoms with Gasteiger partial charge in [0.2, 0.25) is 0 Å². The van der Waals surface area contributed by atoms with Crippen LogP contribution in [-0.4, -0.2) is 52.8 Å². The van der Waals surface area contributed by atoms with Crippen molar-refractivity contribution >= 4 is 17.7 Å². The summed E-state index contributed by atoms with van der Waals surface area (Å²) in [6.45, 7) is 15.4. The van der Waals surface area contributed by atoms with E-state index in [4.69, 9.17) is 9.47 Å². The molecule has 0 aromatic carbocycles. The van der Waals surface area contributed by atoms with Crippen molar-refractivity contribution in [2.24, 2.45) is 11.8 Å². The lowest BCUT2D eigenvalue weighted by atomic mass is 9.85. The molecule has 1 aromatic heterocycles. The van der Waals surface area contributed by atoms with E-state index in [0.717, 1.165) is 16.9 Å². The van der Waals surface area contributed by atoms with Crippen molar-refractivity contribution in [3.05, 3.63) is 23.0 Å². The third-order valence-corrected chi connectivity index (χ3v) is 5.91. The van der Waals surface area contributed by atoms with Crippen LogP contribution in [0.2, 0.25) is 0 Å². The van der Waals surface area contributed by atoms with Crippen molar-refractivity contribution in [1.82, 2.24) is 9.88 Å². The van der Waals surface area contributed by atoms with Gasteiger partial charge in [0, 0.05) is 31.4 Å². The number of nitriles is 1. The summed E-state index contributed by atoms with van der Waals surface area (Å²) in [5.74, 6) is -0.225. The van der Waals surface area contributed by atoms with Crippen molar-refractivity contribution in [3.8, 4) is 6.07 Å². The highest BCUT2D eigenvalue weighted by molar-refractivity contribution is 5.74. The number of ether oxygens (including phenoxy) is 2. The number of carbonyl (C=O) groups is 2. The predicted molar refractivity (Wildman–Crippen MR) is 125 cm³/mol. The lowest BCUT2D eigenvalue weighted by molar-refractivity contribution is -0.162. The van der Waals surface area contributed by atoms with Crippen LogP contribution in [0.1, 0.15) is 71.7 Å². The molecule has 3 heterocycles. The lowest BCUT2D eigenvalue weighted by Crippen LogP contribution is -2.45. The van der Waals surface area contributed by atoms with E-state index >= 15 is 0 Å². The topological polar surface area (TPSA) is 95.8 Å². The molecule has 3 rings (SSSR count). The third-order valence-electron chi connectivity index (χ3n) is 5.91. The highest BCUT2D eigenvalue weighted by atomic mass is 16.6. The molecule has 8 heteroatoms. The van der Waals surface area contributed by atoms with Gasteiger partial charge in [-0.15, -0.1) is 0 Å². The second-order valence-corrected chi connectivity index (χ2v) is 11.1. The van der Waals surface area contributed by atoms with Gasteiger partial charge in [0.1, 0.15) is 17.3 Å². The van der Waals surface area contributed by atoms with E-state index in [-0.39, 0.29) is 23.9 Å². The zero-order valence-electron chi connectivity index (χ0n) is 20.9. The molecular formula is C25H36N4O4. The van der Waals surface area contributed by atoms with Gasteiger partial charge in [-0.1, -0.05) is 6.92 Å². The maximum Gasteiger partial charge on any atom is 0.410 e. The van der Waals surface area contributed by atoms with Crippen molar-refractivity contribution in [1.29, 1.82) is 5.26 Å². The minimum atomic E-state index is -0.560. The van der Waals surface area contributed by atoms with Crippen molar-refractivity contribution in [3.63, 3.8) is 0 Å². The molecule has 180 valence electrons. The molecule has 1 amide bonds. The van der Waals surface area contributed by atoms with Crippen molar-refractivity contribution in [2.45, 2.75) is 79.1 Å². The fourth-order valence-electron chi connectivity index (χ4n) is 4.49. The largest absolute Gasteiger partial charge is 0.460 e. The average molecular weight is 457 g/mol.